The van der Waals surface area contributed by atoms with E-state index in [1.165, 1.54) is 0 Å². The minimum atomic E-state index is 0.328. The zero-order chi connectivity index (χ0) is 11.4. The van der Waals surface area contributed by atoms with Crippen LogP contribution in [0.25, 0.3) is 0 Å². The van der Waals surface area contributed by atoms with Crippen molar-refractivity contribution in [2.24, 2.45) is 0 Å². The van der Waals surface area contributed by atoms with Gasteiger partial charge in [0.25, 0.3) is 0 Å². The summed E-state index contributed by atoms with van der Waals surface area (Å²) in [4.78, 5) is 8.84. The van der Waals surface area contributed by atoms with Gasteiger partial charge < -0.3 is 5.73 Å². The lowest BCUT2D eigenvalue weighted by molar-refractivity contribution is 0.751. The molecule has 0 saturated carbocycles. The van der Waals surface area contributed by atoms with E-state index >= 15 is 0 Å². The van der Waals surface area contributed by atoms with Gasteiger partial charge >= 0.3 is 0 Å². The fraction of sp³-hybridized carbons (Fsp3) is 0.636. The Labute approximate surface area is 95.9 Å². The van der Waals surface area contributed by atoms with Gasteiger partial charge in [0.05, 0.1) is 0 Å². The summed E-state index contributed by atoms with van der Waals surface area (Å²) in [5, 5.41) is 1.04. The van der Waals surface area contributed by atoms with Crippen LogP contribution >= 0.6 is 11.8 Å². The molecule has 0 bridgehead atoms. The molecule has 0 atom stereocenters. The van der Waals surface area contributed by atoms with Crippen molar-refractivity contribution in [2.45, 2.75) is 45.1 Å². The van der Waals surface area contributed by atoms with Gasteiger partial charge in [-0.2, -0.15) is 0 Å². The number of thioether (sulfide) groups is 1. The molecule has 0 spiro atoms. The highest BCUT2D eigenvalue weighted by Gasteiger charge is 2.10. The van der Waals surface area contributed by atoms with Crippen LogP contribution in [0, 0.1) is 6.92 Å². The van der Waals surface area contributed by atoms with Crippen molar-refractivity contribution >= 4 is 17.6 Å². The molecule has 1 aromatic rings. The average Bonchev–Trinajstić information content (AvgIpc) is 2.19. The van der Waals surface area contributed by atoms with Crippen molar-refractivity contribution in [3.63, 3.8) is 0 Å². The Morgan fingerprint density at radius 3 is 2.53 bits per heavy atom. The molecule has 1 heterocycles. The van der Waals surface area contributed by atoms with Gasteiger partial charge in [-0.1, -0.05) is 20.8 Å². The lowest BCUT2D eigenvalue weighted by Crippen LogP contribution is -2.05. The maximum atomic E-state index is 5.87. The Hall–Kier alpha value is -0.770. The van der Waals surface area contributed by atoms with Crippen LogP contribution in [0.5, 0.6) is 0 Å². The molecule has 0 radical (unpaired) electrons. The molecular formula is C11H19N3S. The van der Waals surface area contributed by atoms with Crippen LogP contribution in [0.1, 0.15) is 44.5 Å². The fourth-order valence-corrected chi connectivity index (χ4v) is 2.00. The number of anilines is 1. The number of hydrogen-bond donors (Lipinski definition) is 1. The van der Waals surface area contributed by atoms with Gasteiger partial charge in [0.15, 0.2) is 0 Å². The molecule has 15 heavy (non-hydrogen) atoms. The van der Waals surface area contributed by atoms with E-state index in [1.54, 1.807) is 11.8 Å². The number of rotatable bonds is 4. The summed E-state index contributed by atoms with van der Waals surface area (Å²) < 4.78 is 0. The minimum absolute atomic E-state index is 0.328. The standard InChI is InChI=1S/C11H19N3S/c1-5-6-15-11-8(4)9(12)13-10(14-11)7(2)3/h7H,5-6H2,1-4H3,(H2,12,13,14). The molecule has 0 aliphatic carbocycles. The van der Waals surface area contributed by atoms with Gasteiger partial charge in [-0.3, -0.25) is 0 Å². The number of nitrogens with two attached hydrogens (primary N) is 1. The molecule has 2 N–H and O–H groups in total. The van der Waals surface area contributed by atoms with E-state index < -0.39 is 0 Å². The van der Waals surface area contributed by atoms with Crippen LogP contribution in [0.2, 0.25) is 0 Å². The zero-order valence-corrected chi connectivity index (χ0v) is 10.7. The molecule has 0 unspecified atom stereocenters. The molecule has 0 saturated heterocycles. The molecule has 0 amide bonds. The Bertz CT molecular complexity index is 337. The van der Waals surface area contributed by atoms with Crippen molar-refractivity contribution in [1.82, 2.24) is 9.97 Å². The predicted octanol–water partition coefficient (Wildman–Crippen LogP) is 2.99. The molecule has 84 valence electrons. The van der Waals surface area contributed by atoms with Gasteiger partial charge in [0.1, 0.15) is 16.7 Å². The molecule has 0 aliphatic heterocycles. The fourth-order valence-electron chi connectivity index (χ4n) is 1.13. The van der Waals surface area contributed by atoms with Gasteiger partial charge in [-0.15, -0.1) is 11.8 Å². The monoisotopic (exact) mass is 225 g/mol. The summed E-state index contributed by atoms with van der Waals surface area (Å²) >= 11 is 1.76. The smallest absolute Gasteiger partial charge is 0.134 e. The molecule has 1 rings (SSSR count). The molecule has 4 heteroatoms. The highest BCUT2D eigenvalue weighted by molar-refractivity contribution is 7.99. The third-order valence-corrected chi connectivity index (χ3v) is 3.40. The van der Waals surface area contributed by atoms with Crippen molar-refractivity contribution < 1.29 is 0 Å². The quantitative estimate of drug-likeness (QED) is 0.632. The van der Waals surface area contributed by atoms with E-state index in [9.17, 15) is 0 Å². The van der Waals surface area contributed by atoms with Crippen molar-refractivity contribution in [1.29, 1.82) is 0 Å². The molecule has 0 aromatic carbocycles. The van der Waals surface area contributed by atoms with E-state index in [4.69, 9.17) is 5.73 Å². The first kappa shape index (κ1) is 12.3. The predicted molar refractivity (Wildman–Crippen MR) is 66.3 cm³/mol. The third kappa shape index (κ3) is 3.09. The molecule has 0 aliphatic rings. The minimum Gasteiger partial charge on any atom is -0.383 e. The zero-order valence-electron chi connectivity index (χ0n) is 9.87. The molecular weight excluding hydrogens is 206 g/mol. The molecule has 1 aromatic heterocycles. The second-order valence-corrected chi connectivity index (χ2v) is 4.98. The van der Waals surface area contributed by atoms with Crippen molar-refractivity contribution in [3.8, 4) is 0 Å². The summed E-state index contributed by atoms with van der Waals surface area (Å²) in [5.74, 6) is 2.87. The van der Waals surface area contributed by atoms with Crippen LogP contribution in [-0.2, 0) is 0 Å². The first-order valence-corrected chi connectivity index (χ1v) is 6.31. The summed E-state index contributed by atoms with van der Waals surface area (Å²) in [6.45, 7) is 8.31. The summed E-state index contributed by atoms with van der Waals surface area (Å²) in [7, 11) is 0. The second kappa shape index (κ2) is 5.35. The van der Waals surface area contributed by atoms with Crippen molar-refractivity contribution in [3.05, 3.63) is 11.4 Å². The van der Waals surface area contributed by atoms with Crippen LogP contribution in [0.4, 0.5) is 5.82 Å². The van der Waals surface area contributed by atoms with Crippen molar-refractivity contribution in [2.75, 3.05) is 11.5 Å². The summed E-state index contributed by atoms with van der Waals surface area (Å²) in [5.41, 5.74) is 6.88. The average molecular weight is 225 g/mol. The van der Waals surface area contributed by atoms with Gasteiger partial charge in [0.2, 0.25) is 0 Å². The lowest BCUT2D eigenvalue weighted by Gasteiger charge is -2.10. The number of nitrogens with zero attached hydrogens (tertiary/aromatic N) is 2. The molecule has 0 fully saturated rings. The third-order valence-electron chi connectivity index (χ3n) is 2.12. The topological polar surface area (TPSA) is 51.8 Å². The van der Waals surface area contributed by atoms with E-state index in [2.05, 4.69) is 30.7 Å². The van der Waals surface area contributed by atoms with Crippen LogP contribution in [0.3, 0.4) is 0 Å². The SMILES string of the molecule is CCCSc1nc(C(C)C)nc(N)c1C. The highest BCUT2D eigenvalue weighted by atomic mass is 32.2. The molecule has 3 nitrogen and oxygen atoms in total. The number of nitrogen functional groups attached to an aromatic ring is 1. The van der Waals surface area contributed by atoms with E-state index in [1.807, 2.05) is 6.92 Å². The first-order valence-electron chi connectivity index (χ1n) is 5.33. The number of hydrogen-bond acceptors (Lipinski definition) is 4. The largest absolute Gasteiger partial charge is 0.383 e. The Morgan fingerprint density at radius 2 is 2.00 bits per heavy atom. The maximum Gasteiger partial charge on any atom is 0.134 e. The van der Waals surface area contributed by atoms with E-state index in [0.29, 0.717) is 11.7 Å². The van der Waals surface area contributed by atoms with Crippen LogP contribution in [-0.4, -0.2) is 15.7 Å². The van der Waals surface area contributed by atoms with Crippen LogP contribution in [0.15, 0.2) is 5.03 Å². The lowest BCUT2D eigenvalue weighted by atomic mass is 10.2. The maximum absolute atomic E-state index is 5.87. The second-order valence-electron chi connectivity index (χ2n) is 3.90. The summed E-state index contributed by atoms with van der Waals surface area (Å²) in [6.07, 6.45) is 1.14. The Morgan fingerprint density at radius 1 is 1.33 bits per heavy atom. The Kier molecular flexibility index (Phi) is 4.39. The highest BCUT2D eigenvalue weighted by Crippen LogP contribution is 2.25. The van der Waals surface area contributed by atoms with E-state index in [-0.39, 0.29) is 0 Å². The van der Waals surface area contributed by atoms with Gasteiger partial charge in [0, 0.05) is 11.5 Å². The van der Waals surface area contributed by atoms with E-state index in [0.717, 1.165) is 28.6 Å². The normalized spacial score (nSPS) is 11.0. The number of aromatic nitrogens is 2. The van der Waals surface area contributed by atoms with Crippen LogP contribution < -0.4 is 5.73 Å². The summed E-state index contributed by atoms with van der Waals surface area (Å²) in [6, 6.07) is 0. The first-order chi connectivity index (χ1) is 7.06. The Balaban J connectivity index is 3.02. The van der Waals surface area contributed by atoms with Gasteiger partial charge in [-0.25, -0.2) is 9.97 Å². The van der Waals surface area contributed by atoms with Gasteiger partial charge in [-0.05, 0) is 19.1 Å².